The second-order valence-electron chi connectivity index (χ2n) is 3.99. The van der Waals surface area contributed by atoms with Crippen LogP contribution in [-0.2, 0) is 11.3 Å². The number of benzene rings is 1. The maximum atomic E-state index is 11.9. The van der Waals surface area contributed by atoms with Crippen LogP contribution >= 0.6 is 0 Å². The number of carbonyl (C=O) groups excluding carboxylic acids is 1. The van der Waals surface area contributed by atoms with Crippen LogP contribution in [0.2, 0.25) is 0 Å². The molecule has 2 N–H and O–H groups in total. The number of aryl methyl sites for hydroxylation is 1. The fourth-order valence-electron chi connectivity index (χ4n) is 1.68. The molecular weight excluding hydrogens is 230 g/mol. The summed E-state index contributed by atoms with van der Waals surface area (Å²) in [6.07, 6.45) is 1.97. The fraction of sp³-hybridized carbons (Fsp3) is 0.154. The van der Waals surface area contributed by atoms with Crippen molar-refractivity contribution in [3.05, 3.63) is 46.4 Å². The van der Waals surface area contributed by atoms with Crippen LogP contribution in [0.3, 0.4) is 0 Å². The number of carbonyl (C=O) groups is 1. The monoisotopic (exact) mass is 243 g/mol. The molecule has 0 aliphatic rings. The van der Waals surface area contributed by atoms with Gasteiger partial charge in [0.15, 0.2) is 0 Å². The van der Waals surface area contributed by atoms with Crippen LogP contribution in [0, 0.1) is 6.92 Å². The molecule has 0 atom stereocenters. The van der Waals surface area contributed by atoms with Crippen molar-refractivity contribution in [2.24, 2.45) is 0 Å². The molecule has 0 aliphatic carbocycles. The van der Waals surface area contributed by atoms with E-state index in [2.05, 4.69) is 4.98 Å². The number of hydrogen-bond donors (Lipinski definition) is 1. The summed E-state index contributed by atoms with van der Waals surface area (Å²) in [6.45, 7) is 1.92. The highest BCUT2D eigenvalue weighted by Crippen LogP contribution is 2.16. The number of nitrogens with zero attached hydrogens (tertiary/aromatic N) is 2. The van der Waals surface area contributed by atoms with Crippen molar-refractivity contribution in [1.82, 2.24) is 9.55 Å². The Bertz CT molecular complexity index is 630. The van der Waals surface area contributed by atoms with Crippen molar-refractivity contribution < 1.29 is 4.79 Å². The molecular formula is C13H13N3O2. The van der Waals surface area contributed by atoms with E-state index in [-0.39, 0.29) is 12.2 Å². The van der Waals surface area contributed by atoms with Gasteiger partial charge in [0.05, 0.1) is 12.7 Å². The van der Waals surface area contributed by atoms with Crippen LogP contribution in [-0.4, -0.2) is 15.8 Å². The highest BCUT2D eigenvalue weighted by molar-refractivity contribution is 5.59. The van der Waals surface area contributed by atoms with Gasteiger partial charge in [-0.1, -0.05) is 29.8 Å². The number of nitrogen functional groups attached to an aromatic ring is 1. The van der Waals surface area contributed by atoms with Gasteiger partial charge in [-0.3, -0.25) is 9.36 Å². The molecule has 5 nitrogen and oxygen atoms in total. The molecule has 0 fully saturated rings. The van der Waals surface area contributed by atoms with Gasteiger partial charge in [-0.05, 0) is 6.92 Å². The highest BCUT2D eigenvalue weighted by atomic mass is 16.1. The van der Waals surface area contributed by atoms with Crippen LogP contribution in [0.5, 0.6) is 0 Å². The molecule has 1 aromatic heterocycles. The molecule has 0 aliphatic heterocycles. The van der Waals surface area contributed by atoms with E-state index in [1.165, 1.54) is 10.8 Å². The average Bonchev–Trinajstić information content (AvgIpc) is 2.37. The van der Waals surface area contributed by atoms with E-state index in [4.69, 9.17) is 5.73 Å². The van der Waals surface area contributed by atoms with Gasteiger partial charge in [0.2, 0.25) is 0 Å². The van der Waals surface area contributed by atoms with Gasteiger partial charge < -0.3 is 10.5 Å². The minimum absolute atomic E-state index is 0.0349. The summed E-state index contributed by atoms with van der Waals surface area (Å²) in [5.41, 5.74) is 7.04. The van der Waals surface area contributed by atoms with Gasteiger partial charge in [0, 0.05) is 5.56 Å². The van der Waals surface area contributed by atoms with Crippen molar-refractivity contribution in [1.29, 1.82) is 0 Å². The van der Waals surface area contributed by atoms with Crippen molar-refractivity contribution in [2.45, 2.75) is 13.5 Å². The summed E-state index contributed by atoms with van der Waals surface area (Å²) in [5, 5.41) is 0. The fourth-order valence-corrected chi connectivity index (χ4v) is 1.68. The van der Waals surface area contributed by atoms with Crippen molar-refractivity contribution in [2.75, 3.05) is 5.73 Å². The van der Waals surface area contributed by atoms with E-state index in [1.807, 2.05) is 31.2 Å². The maximum Gasteiger partial charge on any atom is 0.277 e. The molecule has 5 heteroatoms. The topological polar surface area (TPSA) is 78.0 Å². The summed E-state index contributed by atoms with van der Waals surface area (Å²) in [7, 11) is 0. The minimum Gasteiger partial charge on any atom is -0.393 e. The van der Waals surface area contributed by atoms with Crippen molar-refractivity contribution in [3.63, 3.8) is 0 Å². The van der Waals surface area contributed by atoms with Crippen LogP contribution in [0.15, 0.2) is 35.3 Å². The smallest absolute Gasteiger partial charge is 0.277 e. The van der Waals surface area contributed by atoms with Gasteiger partial charge in [0.1, 0.15) is 17.8 Å². The SMILES string of the molecule is Cc1ccc(-c2ncc(N)c(=O)n2CC=O)cc1. The summed E-state index contributed by atoms with van der Waals surface area (Å²) in [4.78, 5) is 26.6. The standard InChI is InChI=1S/C13H13N3O2/c1-9-2-4-10(5-3-9)12-15-8-11(14)13(18)16(12)6-7-17/h2-5,7-8H,6,14H2,1H3. The number of aromatic nitrogens is 2. The van der Waals surface area contributed by atoms with Crippen LogP contribution < -0.4 is 11.3 Å². The van der Waals surface area contributed by atoms with Crippen LogP contribution in [0.1, 0.15) is 5.56 Å². The number of nitrogens with two attached hydrogens (primary N) is 1. The van der Waals surface area contributed by atoms with E-state index < -0.39 is 5.56 Å². The van der Waals surface area contributed by atoms with Gasteiger partial charge in [0.25, 0.3) is 5.56 Å². The van der Waals surface area contributed by atoms with Crippen molar-refractivity contribution in [3.8, 4) is 11.4 Å². The molecule has 0 radical (unpaired) electrons. The predicted octanol–water partition coefficient (Wildman–Crippen LogP) is 1.000. The highest BCUT2D eigenvalue weighted by Gasteiger charge is 2.09. The van der Waals surface area contributed by atoms with Crippen LogP contribution in [0.25, 0.3) is 11.4 Å². The molecule has 0 unspecified atom stereocenters. The van der Waals surface area contributed by atoms with Gasteiger partial charge in [-0.15, -0.1) is 0 Å². The summed E-state index contributed by atoms with van der Waals surface area (Å²) in [6, 6.07) is 7.55. The van der Waals surface area contributed by atoms with Gasteiger partial charge >= 0.3 is 0 Å². The lowest BCUT2D eigenvalue weighted by atomic mass is 10.1. The zero-order chi connectivity index (χ0) is 13.1. The molecule has 2 rings (SSSR count). The summed E-state index contributed by atoms with van der Waals surface area (Å²) >= 11 is 0. The molecule has 1 heterocycles. The first-order chi connectivity index (χ1) is 8.63. The second kappa shape index (κ2) is 4.83. The minimum atomic E-state index is -0.396. The van der Waals surface area contributed by atoms with E-state index in [0.29, 0.717) is 12.1 Å². The number of rotatable bonds is 3. The zero-order valence-electron chi connectivity index (χ0n) is 9.96. The Morgan fingerprint density at radius 1 is 1.33 bits per heavy atom. The zero-order valence-corrected chi connectivity index (χ0v) is 9.96. The quantitative estimate of drug-likeness (QED) is 0.816. The Kier molecular flexibility index (Phi) is 3.23. The lowest BCUT2D eigenvalue weighted by molar-refractivity contribution is -0.108. The first-order valence-corrected chi connectivity index (χ1v) is 5.49. The summed E-state index contributed by atoms with van der Waals surface area (Å²) < 4.78 is 1.27. The third-order valence-electron chi connectivity index (χ3n) is 2.64. The summed E-state index contributed by atoms with van der Waals surface area (Å²) in [5.74, 6) is 0.446. The number of anilines is 1. The van der Waals surface area contributed by atoms with Crippen molar-refractivity contribution >= 4 is 12.0 Å². The molecule has 0 saturated heterocycles. The van der Waals surface area contributed by atoms with E-state index in [9.17, 15) is 9.59 Å². The molecule has 0 saturated carbocycles. The largest absolute Gasteiger partial charge is 0.393 e. The first kappa shape index (κ1) is 12.0. The molecule has 0 amide bonds. The Hall–Kier alpha value is -2.43. The number of hydrogen-bond acceptors (Lipinski definition) is 4. The normalized spacial score (nSPS) is 10.3. The molecule has 92 valence electrons. The second-order valence-corrected chi connectivity index (χ2v) is 3.99. The molecule has 0 bridgehead atoms. The third-order valence-corrected chi connectivity index (χ3v) is 2.64. The Labute approximate surface area is 104 Å². The maximum absolute atomic E-state index is 11.9. The van der Waals surface area contributed by atoms with E-state index in [1.54, 1.807) is 0 Å². The molecule has 18 heavy (non-hydrogen) atoms. The Morgan fingerprint density at radius 3 is 2.61 bits per heavy atom. The predicted molar refractivity (Wildman–Crippen MR) is 69.1 cm³/mol. The molecule has 0 spiro atoms. The van der Waals surface area contributed by atoms with E-state index in [0.717, 1.165) is 11.1 Å². The third kappa shape index (κ3) is 2.15. The van der Waals surface area contributed by atoms with Crippen LogP contribution in [0.4, 0.5) is 5.69 Å². The lowest BCUT2D eigenvalue weighted by Crippen LogP contribution is -2.26. The number of aldehydes is 1. The Morgan fingerprint density at radius 2 is 2.00 bits per heavy atom. The Balaban J connectivity index is 2.63. The molecule has 1 aromatic carbocycles. The van der Waals surface area contributed by atoms with Gasteiger partial charge in [-0.25, -0.2) is 4.98 Å². The average molecular weight is 243 g/mol. The first-order valence-electron chi connectivity index (χ1n) is 5.49. The van der Waals surface area contributed by atoms with Gasteiger partial charge in [-0.2, -0.15) is 0 Å². The van der Waals surface area contributed by atoms with E-state index >= 15 is 0 Å². The lowest BCUT2D eigenvalue weighted by Gasteiger charge is -2.10. The molecule has 2 aromatic rings.